The molecular weight excluding hydrogens is 392 g/mol. The summed E-state index contributed by atoms with van der Waals surface area (Å²) in [4.78, 5) is 13.1. The van der Waals surface area contributed by atoms with Gasteiger partial charge in [0.05, 0.1) is 39.1 Å². The molecule has 2 aromatic rings. The van der Waals surface area contributed by atoms with Crippen LogP contribution in [-0.2, 0) is 23.7 Å². The molecule has 11 nitrogen and oxygen atoms in total. The van der Waals surface area contributed by atoms with E-state index in [1.54, 1.807) is 14.2 Å². The summed E-state index contributed by atoms with van der Waals surface area (Å²) in [6, 6.07) is -0.139. The first-order chi connectivity index (χ1) is 14.7. The second-order valence-electron chi connectivity index (χ2n) is 6.98. The first-order valence-electron chi connectivity index (χ1n) is 10.2. The zero-order valence-electron chi connectivity index (χ0n) is 17.9. The molecule has 0 aliphatic carbocycles. The second-order valence-corrected chi connectivity index (χ2v) is 6.98. The molecule has 0 spiro atoms. The maximum atomic E-state index is 6.04. The summed E-state index contributed by atoms with van der Waals surface area (Å²) in [5, 5.41) is 3.32. The Hall–Kier alpha value is -2.05. The maximum Gasteiger partial charge on any atom is 0.205 e. The predicted molar refractivity (Wildman–Crippen MR) is 112 cm³/mol. The molecule has 3 heterocycles. The number of nitrogen functional groups attached to an aromatic ring is 1. The van der Waals surface area contributed by atoms with Gasteiger partial charge >= 0.3 is 0 Å². The quantitative estimate of drug-likeness (QED) is 0.447. The molecule has 3 N–H and O–H groups in total. The number of imidazole rings is 1. The van der Waals surface area contributed by atoms with Crippen LogP contribution in [0.1, 0.15) is 19.4 Å². The lowest BCUT2D eigenvalue weighted by Gasteiger charge is -2.23. The van der Waals surface area contributed by atoms with Crippen molar-refractivity contribution in [3.8, 4) is 0 Å². The van der Waals surface area contributed by atoms with Crippen molar-refractivity contribution in [3.63, 3.8) is 0 Å². The number of methoxy groups -OCH3 is 2. The van der Waals surface area contributed by atoms with E-state index in [-0.39, 0.29) is 18.2 Å². The predicted octanol–water partition coefficient (Wildman–Crippen LogP) is 0.865. The van der Waals surface area contributed by atoms with Crippen LogP contribution in [-0.4, -0.2) is 92.1 Å². The Balaban J connectivity index is 1.72. The maximum absolute atomic E-state index is 6.04. The Labute approximate surface area is 176 Å². The number of rotatable bonds is 13. The molecule has 3 unspecified atom stereocenters. The standard InChI is InChI=1S/C19H32N6O5/c1-4-6-28-8-9-29-7-5-21-19-24-15-17(20)22-12-23-18(15)25(19)13-10-30-14(11-26-2)16(13)27-3/h12-14,16H,4-11H2,1-3H3,(H,21,24)(H2,20,22,23). The first kappa shape index (κ1) is 22.6. The third kappa shape index (κ3) is 5.16. The summed E-state index contributed by atoms with van der Waals surface area (Å²) in [5.41, 5.74) is 7.21. The molecule has 30 heavy (non-hydrogen) atoms. The highest BCUT2D eigenvalue weighted by molar-refractivity contribution is 5.84. The van der Waals surface area contributed by atoms with Gasteiger partial charge in [-0.2, -0.15) is 0 Å². The monoisotopic (exact) mass is 424 g/mol. The van der Waals surface area contributed by atoms with Crippen molar-refractivity contribution < 1.29 is 23.7 Å². The fourth-order valence-electron chi connectivity index (χ4n) is 3.56. The molecule has 11 heteroatoms. The van der Waals surface area contributed by atoms with Gasteiger partial charge in [-0.15, -0.1) is 0 Å². The number of fused-ring (bicyclic) bond motifs is 1. The van der Waals surface area contributed by atoms with Crippen molar-refractivity contribution >= 4 is 22.9 Å². The zero-order valence-corrected chi connectivity index (χ0v) is 17.9. The number of nitrogens with one attached hydrogen (secondary N) is 1. The van der Waals surface area contributed by atoms with E-state index in [1.807, 2.05) is 4.57 Å². The molecule has 1 fully saturated rings. The summed E-state index contributed by atoms with van der Waals surface area (Å²) in [5.74, 6) is 0.948. The van der Waals surface area contributed by atoms with E-state index in [9.17, 15) is 0 Å². The fraction of sp³-hybridized carbons (Fsp3) is 0.737. The van der Waals surface area contributed by atoms with Crippen LogP contribution in [0, 0.1) is 0 Å². The van der Waals surface area contributed by atoms with E-state index in [4.69, 9.17) is 29.4 Å². The molecule has 1 aliphatic heterocycles. The third-order valence-corrected chi connectivity index (χ3v) is 4.92. The largest absolute Gasteiger partial charge is 0.382 e. The summed E-state index contributed by atoms with van der Waals surface area (Å²) < 4.78 is 29.9. The Morgan fingerprint density at radius 3 is 2.73 bits per heavy atom. The SMILES string of the molecule is CCCOCCOCCNc1nc2c(N)ncnc2n1C1COC(COC)C1OC. The zero-order chi connectivity index (χ0) is 21.3. The highest BCUT2D eigenvalue weighted by Gasteiger charge is 2.40. The van der Waals surface area contributed by atoms with Crippen LogP contribution in [0.25, 0.3) is 11.2 Å². The van der Waals surface area contributed by atoms with Gasteiger partial charge in [0.25, 0.3) is 0 Å². The van der Waals surface area contributed by atoms with Crippen molar-refractivity contribution in [1.82, 2.24) is 19.5 Å². The number of hydrogen-bond acceptors (Lipinski definition) is 10. The lowest BCUT2D eigenvalue weighted by Crippen LogP contribution is -2.34. The van der Waals surface area contributed by atoms with E-state index in [2.05, 4.69) is 27.2 Å². The first-order valence-corrected chi connectivity index (χ1v) is 10.2. The number of hydrogen-bond donors (Lipinski definition) is 2. The average Bonchev–Trinajstić information content (AvgIpc) is 3.31. The molecular formula is C19H32N6O5. The van der Waals surface area contributed by atoms with E-state index in [0.717, 1.165) is 13.0 Å². The summed E-state index contributed by atoms with van der Waals surface area (Å²) in [6.07, 6.45) is 2.04. The van der Waals surface area contributed by atoms with Crippen LogP contribution >= 0.6 is 0 Å². The van der Waals surface area contributed by atoms with Gasteiger partial charge in [0.1, 0.15) is 18.5 Å². The fourth-order valence-corrected chi connectivity index (χ4v) is 3.56. The smallest absolute Gasteiger partial charge is 0.205 e. The van der Waals surface area contributed by atoms with Gasteiger partial charge < -0.3 is 34.7 Å². The molecule has 2 aromatic heterocycles. The van der Waals surface area contributed by atoms with E-state index >= 15 is 0 Å². The number of nitrogens with two attached hydrogens (primary N) is 1. The molecule has 0 radical (unpaired) electrons. The van der Waals surface area contributed by atoms with Gasteiger partial charge in [-0.05, 0) is 6.42 Å². The minimum atomic E-state index is -0.217. The number of nitrogens with zero attached hydrogens (tertiary/aromatic N) is 4. The van der Waals surface area contributed by atoms with Crippen LogP contribution in [0.2, 0.25) is 0 Å². The molecule has 3 rings (SSSR count). The highest BCUT2D eigenvalue weighted by Crippen LogP contribution is 2.34. The summed E-state index contributed by atoms with van der Waals surface area (Å²) in [7, 11) is 3.31. The lowest BCUT2D eigenvalue weighted by atomic mass is 10.1. The summed E-state index contributed by atoms with van der Waals surface area (Å²) in [6.45, 7) is 5.94. The van der Waals surface area contributed by atoms with Crippen molar-refractivity contribution in [2.45, 2.75) is 31.6 Å². The molecule has 1 saturated heterocycles. The average molecular weight is 425 g/mol. The Kier molecular flexibility index (Phi) is 8.58. The van der Waals surface area contributed by atoms with Gasteiger partial charge in [0.15, 0.2) is 17.0 Å². The molecule has 168 valence electrons. The second kappa shape index (κ2) is 11.4. The normalized spacial score (nSPS) is 21.5. The van der Waals surface area contributed by atoms with Crippen LogP contribution in [0.5, 0.6) is 0 Å². The van der Waals surface area contributed by atoms with Crippen molar-refractivity contribution in [1.29, 1.82) is 0 Å². The van der Waals surface area contributed by atoms with Gasteiger partial charge in [-0.3, -0.25) is 4.57 Å². The third-order valence-electron chi connectivity index (χ3n) is 4.92. The van der Waals surface area contributed by atoms with Crippen molar-refractivity contribution in [2.75, 3.05) is 71.5 Å². The van der Waals surface area contributed by atoms with E-state index in [0.29, 0.717) is 62.5 Å². The number of aromatic nitrogens is 4. The van der Waals surface area contributed by atoms with Crippen molar-refractivity contribution in [2.24, 2.45) is 0 Å². The number of ether oxygens (including phenoxy) is 5. The Morgan fingerprint density at radius 2 is 2.00 bits per heavy atom. The molecule has 0 amide bonds. The molecule has 1 aliphatic rings. The number of anilines is 2. The van der Waals surface area contributed by atoms with Crippen molar-refractivity contribution in [3.05, 3.63) is 6.33 Å². The van der Waals surface area contributed by atoms with Gasteiger partial charge in [-0.1, -0.05) is 6.92 Å². The highest BCUT2D eigenvalue weighted by atomic mass is 16.6. The Bertz CT molecular complexity index is 788. The molecule has 0 aromatic carbocycles. The van der Waals surface area contributed by atoms with E-state index < -0.39 is 0 Å². The minimum Gasteiger partial charge on any atom is -0.382 e. The topological polar surface area (TPSA) is 128 Å². The van der Waals surface area contributed by atoms with Crippen LogP contribution in [0.4, 0.5) is 11.8 Å². The van der Waals surface area contributed by atoms with Crippen LogP contribution in [0.15, 0.2) is 6.33 Å². The van der Waals surface area contributed by atoms with Gasteiger partial charge in [0.2, 0.25) is 5.95 Å². The molecule has 0 bridgehead atoms. The van der Waals surface area contributed by atoms with Crippen LogP contribution < -0.4 is 11.1 Å². The molecule has 0 saturated carbocycles. The Morgan fingerprint density at radius 1 is 1.20 bits per heavy atom. The van der Waals surface area contributed by atoms with Gasteiger partial charge in [-0.25, -0.2) is 15.0 Å². The lowest BCUT2D eigenvalue weighted by molar-refractivity contribution is -0.0292. The minimum absolute atomic E-state index is 0.139. The summed E-state index contributed by atoms with van der Waals surface area (Å²) >= 11 is 0. The van der Waals surface area contributed by atoms with Gasteiger partial charge in [0, 0.05) is 27.4 Å². The van der Waals surface area contributed by atoms with E-state index in [1.165, 1.54) is 6.33 Å². The van der Waals surface area contributed by atoms with Crippen LogP contribution in [0.3, 0.4) is 0 Å². The molecule has 3 atom stereocenters.